The van der Waals surface area contributed by atoms with E-state index in [1.54, 1.807) is 4.57 Å². The third-order valence-corrected chi connectivity index (χ3v) is 5.00. The highest BCUT2D eigenvalue weighted by atomic mass is 79.9. The highest BCUT2D eigenvalue weighted by molar-refractivity contribution is 9.10. The molecule has 7 heteroatoms. The van der Waals surface area contributed by atoms with Gasteiger partial charge in [-0.25, -0.2) is 0 Å². The van der Waals surface area contributed by atoms with Crippen molar-refractivity contribution in [2.24, 2.45) is 4.99 Å². The van der Waals surface area contributed by atoms with Gasteiger partial charge in [0.2, 0.25) is 0 Å². The number of benzene rings is 1. The molecule has 0 radical (unpaired) electrons. The Morgan fingerprint density at radius 2 is 2.20 bits per heavy atom. The van der Waals surface area contributed by atoms with Crippen molar-refractivity contribution in [1.29, 1.82) is 0 Å². The number of nitrogens with zero attached hydrogens (tertiary/aromatic N) is 2. The molecule has 3 heterocycles. The predicted molar refractivity (Wildman–Crippen MR) is 79.5 cm³/mol. The van der Waals surface area contributed by atoms with Crippen LogP contribution in [0, 0.1) is 0 Å². The van der Waals surface area contributed by atoms with Gasteiger partial charge < -0.3 is 5.32 Å². The third kappa shape index (κ3) is 1.56. The van der Waals surface area contributed by atoms with Gasteiger partial charge >= 0.3 is 0 Å². The normalized spacial score (nSPS) is 18.6. The van der Waals surface area contributed by atoms with E-state index in [2.05, 4.69) is 26.2 Å². The van der Waals surface area contributed by atoms with Crippen LogP contribution in [0.2, 0.25) is 0 Å². The molecule has 0 unspecified atom stereocenters. The van der Waals surface area contributed by atoms with E-state index in [-0.39, 0.29) is 11.5 Å². The molecule has 0 bridgehead atoms. The lowest BCUT2D eigenvalue weighted by atomic mass is 10.1. The molecule has 1 aromatic carbocycles. The lowest BCUT2D eigenvalue weighted by molar-refractivity contribution is -0.110. The van der Waals surface area contributed by atoms with Crippen molar-refractivity contribution < 1.29 is 4.79 Å². The molecule has 1 N–H and O–H groups in total. The van der Waals surface area contributed by atoms with E-state index >= 15 is 0 Å². The average molecular weight is 350 g/mol. The molecule has 2 aliphatic heterocycles. The van der Waals surface area contributed by atoms with E-state index < -0.39 is 0 Å². The smallest absolute Gasteiger partial charge is 0.271 e. The van der Waals surface area contributed by atoms with E-state index in [0.717, 1.165) is 15.7 Å². The molecule has 5 nitrogen and oxygen atoms in total. The SMILES string of the molecule is O=C1Nc2ccc(Br)cc2/C1=c1/sc2n(c1=O)CCN=2. The minimum Gasteiger partial charge on any atom is -0.321 e. The molecule has 1 amide bonds. The van der Waals surface area contributed by atoms with Crippen LogP contribution >= 0.6 is 27.3 Å². The number of thiazole rings is 1. The van der Waals surface area contributed by atoms with E-state index in [1.165, 1.54) is 11.3 Å². The van der Waals surface area contributed by atoms with Crippen molar-refractivity contribution in [2.45, 2.75) is 6.54 Å². The zero-order valence-corrected chi connectivity index (χ0v) is 12.5. The second kappa shape index (κ2) is 4.13. The van der Waals surface area contributed by atoms with E-state index in [4.69, 9.17) is 0 Å². The summed E-state index contributed by atoms with van der Waals surface area (Å²) in [6, 6.07) is 5.54. The Kier molecular flexibility index (Phi) is 2.49. The fourth-order valence-corrected chi connectivity index (χ4v) is 3.97. The Morgan fingerprint density at radius 1 is 1.35 bits per heavy atom. The standard InChI is InChI=1S/C13H8BrN3O2S/c14-6-1-2-8-7(5-6)9(11(18)16-8)10-12(19)17-4-3-15-13(17)20-10/h1-2,5H,3-4H2,(H,16,18)/b10-9-. The minimum atomic E-state index is -0.226. The lowest BCUT2D eigenvalue weighted by Crippen LogP contribution is -2.32. The Balaban J connectivity index is 2.14. The summed E-state index contributed by atoms with van der Waals surface area (Å²) in [6.45, 7) is 1.25. The molecule has 1 aromatic heterocycles. The monoisotopic (exact) mass is 349 g/mol. The third-order valence-electron chi connectivity index (χ3n) is 3.39. The second-order valence-electron chi connectivity index (χ2n) is 4.57. The van der Waals surface area contributed by atoms with Crippen LogP contribution in [0.25, 0.3) is 5.57 Å². The number of rotatable bonds is 0. The Labute approximate surface area is 125 Å². The number of carbonyl (C=O) groups is 1. The number of carbonyl (C=O) groups excluding carboxylic acids is 1. The topological polar surface area (TPSA) is 63.5 Å². The van der Waals surface area contributed by atoms with Crippen LogP contribution in [0.4, 0.5) is 5.69 Å². The van der Waals surface area contributed by atoms with Gasteiger partial charge in [-0.15, -0.1) is 0 Å². The van der Waals surface area contributed by atoms with Crippen LogP contribution in [0.5, 0.6) is 0 Å². The largest absolute Gasteiger partial charge is 0.321 e. The summed E-state index contributed by atoms with van der Waals surface area (Å²) in [5.41, 5.74) is 1.84. The van der Waals surface area contributed by atoms with Crippen molar-refractivity contribution in [3.05, 3.63) is 47.9 Å². The number of anilines is 1. The number of fused-ring (bicyclic) bond motifs is 2. The van der Waals surface area contributed by atoms with Gasteiger partial charge in [-0.3, -0.25) is 19.1 Å². The molecule has 20 heavy (non-hydrogen) atoms. The van der Waals surface area contributed by atoms with Crippen LogP contribution in [-0.2, 0) is 11.3 Å². The second-order valence-corrected chi connectivity index (χ2v) is 6.46. The maximum Gasteiger partial charge on any atom is 0.271 e. The van der Waals surface area contributed by atoms with Gasteiger partial charge in [0.05, 0.1) is 12.1 Å². The van der Waals surface area contributed by atoms with E-state index in [9.17, 15) is 9.59 Å². The van der Waals surface area contributed by atoms with Gasteiger partial charge in [0.25, 0.3) is 11.5 Å². The molecule has 4 rings (SSSR count). The molecule has 2 aromatic rings. The van der Waals surface area contributed by atoms with Crippen molar-refractivity contribution in [3.63, 3.8) is 0 Å². The number of amides is 1. The van der Waals surface area contributed by atoms with Gasteiger partial charge in [-0.1, -0.05) is 27.3 Å². The Morgan fingerprint density at radius 3 is 3.00 bits per heavy atom. The number of halogens is 1. The molecular formula is C13H8BrN3O2S. The molecule has 0 saturated heterocycles. The van der Waals surface area contributed by atoms with Crippen molar-refractivity contribution in [1.82, 2.24) is 4.57 Å². The predicted octanol–water partition coefficient (Wildman–Crippen LogP) is 0.457. The Bertz CT molecular complexity index is 942. The number of nitrogens with one attached hydrogen (secondary N) is 1. The van der Waals surface area contributed by atoms with Gasteiger partial charge in [0.15, 0.2) is 4.80 Å². The highest BCUT2D eigenvalue weighted by Crippen LogP contribution is 2.32. The fourth-order valence-electron chi connectivity index (χ4n) is 2.48. The Hall–Kier alpha value is -1.73. The first-order valence-electron chi connectivity index (χ1n) is 6.05. The van der Waals surface area contributed by atoms with E-state index in [1.807, 2.05) is 18.2 Å². The van der Waals surface area contributed by atoms with Crippen LogP contribution in [-0.4, -0.2) is 17.0 Å². The fraction of sp³-hybridized carbons (Fsp3) is 0.154. The van der Waals surface area contributed by atoms with Gasteiger partial charge in [0.1, 0.15) is 4.53 Å². The van der Waals surface area contributed by atoms with Gasteiger partial charge in [0, 0.05) is 22.3 Å². The summed E-state index contributed by atoms with van der Waals surface area (Å²) in [4.78, 5) is 29.6. The summed E-state index contributed by atoms with van der Waals surface area (Å²) in [7, 11) is 0. The van der Waals surface area contributed by atoms with Crippen LogP contribution < -0.4 is 20.2 Å². The number of hydrogen-bond donors (Lipinski definition) is 1. The zero-order chi connectivity index (χ0) is 13.9. The molecule has 100 valence electrons. The van der Waals surface area contributed by atoms with Crippen LogP contribution in [0.1, 0.15) is 5.56 Å². The molecule has 0 aliphatic carbocycles. The summed E-state index contributed by atoms with van der Waals surface area (Å²) >= 11 is 4.69. The molecule has 0 spiro atoms. The van der Waals surface area contributed by atoms with E-state index in [0.29, 0.717) is 28.0 Å². The molecule has 2 aliphatic rings. The highest BCUT2D eigenvalue weighted by Gasteiger charge is 2.27. The molecule has 0 fully saturated rings. The maximum absolute atomic E-state index is 12.4. The first-order chi connectivity index (χ1) is 9.65. The quantitative estimate of drug-likeness (QED) is 0.750. The maximum atomic E-state index is 12.4. The first kappa shape index (κ1) is 12.0. The average Bonchev–Trinajstić information content (AvgIpc) is 3.05. The van der Waals surface area contributed by atoms with Crippen LogP contribution in [0.15, 0.2) is 32.5 Å². The van der Waals surface area contributed by atoms with Gasteiger partial charge in [-0.2, -0.15) is 0 Å². The first-order valence-corrected chi connectivity index (χ1v) is 7.66. The van der Waals surface area contributed by atoms with Crippen molar-refractivity contribution in [2.75, 3.05) is 11.9 Å². The molecule has 0 saturated carbocycles. The van der Waals surface area contributed by atoms with Crippen molar-refractivity contribution in [3.8, 4) is 0 Å². The molecular weight excluding hydrogens is 342 g/mol. The number of hydrogen-bond acceptors (Lipinski definition) is 4. The minimum absolute atomic E-state index is 0.121. The summed E-state index contributed by atoms with van der Waals surface area (Å²) in [5.74, 6) is -0.226. The van der Waals surface area contributed by atoms with Crippen molar-refractivity contribution >= 4 is 44.4 Å². The summed E-state index contributed by atoms with van der Waals surface area (Å²) < 4.78 is 2.98. The lowest BCUT2D eigenvalue weighted by Gasteiger charge is -1.97. The summed E-state index contributed by atoms with van der Waals surface area (Å²) in [5, 5.41) is 2.80. The van der Waals surface area contributed by atoms with Gasteiger partial charge in [-0.05, 0) is 18.2 Å². The van der Waals surface area contributed by atoms with Crippen LogP contribution in [0.3, 0.4) is 0 Å². The molecule has 0 atom stereocenters. The summed E-state index contributed by atoms with van der Waals surface area (Å²) in [6.07, 6.45) is 0. The zero-order valence-electron chi connectivity index (χ0n) is 10.1. The number of aromatic nitrogens is 1.